The summed E-state index contributed by atoms with van der Waals surface area (Å²) in [5, 5.41) is 20.5. The van der Waals surface area contributed by atoms with Gasteiger partial charge in [0, 0.05) is 25.4 Å². The molecule has 0 aliphatic carbocycles. The third kappa shape index (κ3) is 3.60. The van der Waals surface area contributed by atoms with Gasteiger partial charge >= 0.3 is 0 Å². The Labute approximate surface area is 129 Å². The minimum atomic E-state index is -0.246. The van der Waals surface area contributed by atoms with Crippen molar-refractivity contribution in [2.45, 2.75) is 32.3 Å². The van der Waals surface area contributed by atoms with Crippen LogP contribution in [0.25, 0.3) is 0 Å². The molecule has 1 N–H and O–H groups in total. The van der Waals surface area contributed by atoms with Crippen LogP contribution in [0.3, 0.4) is 0 Å². The molecule has 112 valence electrons. The van der Waals surface area contributed by atoms with Gasteiger partial charge in [0.1, 0.15) is 5.01 Å². The summed E-state index contributed by atoms with van der Waals surface area (Å²) in [6.45, 7) is 3.79. The van der Waals surface area contributed by atoms with E-state index in [9.17, 15) is 5.11 Å². The first-order valence-electron chi connectivity index (χ1n) is 7.51. The fraction of sp³-hybridized carbons (Fsp3) is 0.500. The zero-order valence-corrected chi connectivity index (χ0v) is 13.1. The molecule has 5 heteroatoms. The number of piperidine rings is 1. The van der Waals surface area contributed by atoms with Gasteiger partial charge in [0.2, 0.25) is 5.13 Å². The molecule has 3 rings (SSSR count). The van der Waals surface area contributed by atoms with Gasteiger partial charge in [-0.05, 0) is 25.3 Å². The number of aliphatic hydroxyl groups excluding tert-OH is 1. The molecule has 0 spiro atoms. The third-order valence-corrected chi connectivity index (χ3v) is 5.05. The lowest BCUT2D eigenvalue weighted by Crippen LogP contribution is -2.39. The van der Waals surface area contributed by atoms with Crippen molar-refractivity contribution in [2.75, 3.05) is 18.0 Å². The van der Waals surface area contributed by atoms with Gasteiger partial charge in [0.15, 0.2) is 0 Å². The number of nitrogens with zero attached hydrogens (tertiary/aromatic N) is 3. The molecule has 4 nitrogen and oxygen atoms in total. The molecule has 0 unspecified atom stereocenters. The van der Waals surface area contributed by atoms with Crippen LogP contribution >= 0.6 is 11.3 Å². The number of benzene rings is 1. The van der Waals surface area contributed by atoms with Crippen molar-refractivity contribution in [3.8, 4) is 0 Å². The van der Waals surface area contributed by atoms with Crippen LogP contribution in [0.1, 0.15) is 30.3 Å². The van der Waals surface area contributed by atoms with E-state index >= 15 is 0 Å². The summed E-state index contributed by atoms with van der Waals surface area (Å²) in [6, 6.07) is 10.4. The molecule has 1 aliphatic rings. The number of aliphatic hydroxyl groups is 1. The van der Waals surface area contributed by atoms with Gasteiger partial charge in [-0.15, -0.1) is 10.2 Å². The minimum absolute atomic E-state index is 0.246. The molecule has 0 bridgehead atoms. The van der Waals surface area contributed by atoms with E-state index in [0.29, 0.717) is 5.92 Å². The summed E-state index contributed by atoms with van der Waals surface area (Å²) in [6.07, 6.45) is 2.81. The summed E-state index contributed by atoms with van der Waals surface area (Å²) in [4.78, 5) is 2.27. The Morgan fingerprint density at radius 3 is 2.90 bits per heavy atom. The Morgan fingerprint density at radius 1 is 1.33 bits per heavy atom. The molecule has 2 aromatic rings. The number of hydrogen-bond donors (Lipinski definition) is 1. The Morgan fingerprint density at radius 2 is 2.14 bits per heavy atom. The molecule has 1 aromatic carbocycles. The van der Waals surface area contributed by atoms with Crippen LogP contribution in [-0.4, -0.2) is 34.5 Å². The predicted molar refractivity (Wildman–Crippen MR) is 85.8 cm³/mol. The van der Waals surface area contributed by atoms with E-state index in [4.69, 9.17) is 0 Å². The molecular formula is C16H21N3OS. The lowest BCUT2D eigenvalue weighted by molar-refractivity contribution is 0.115. The zero-order chi connectivity index (χ0) is 14.7. The summed E-state index contributed by atoms with van der Waals surface area (Å²) in [5.74, 6) is 0.347. The van der Waals surface area contributed by atoms with Crippen LogP contribution in [0.2, 0.25) is 0 Å². The summed E-state index contributed by atoms with van der Waals surface area (Å²) in [5.41, 5.74) is 1.26. The first kappa shape index (κ1) is 14.5. The average molecular weight is 303 g/mol. The third-order valence-electron chi connectivity index (χ3n) is 4.06. The SMILES string of the molecule is C[C@@H](O)[C@H]1CCCN(c2nnc(Cc3ccccc3)s2)C1. The van der Waals surface area contributed by atoms with Gasteiger partial charge in [-0.3, -0.25) is 0 Å². The maximum absolute atomic E-state index is 9.78. The van der Waals surface area contributed by atoms with Gasteiger partial charge in [0.25, 0.3) is 0 Å². The molecule has 2 atom stereocenters. The first-order chi connectivity index (χ1) is 10.2. The van der Waals surface area contributed by atoms with E-state index in [-0.39, 0.29) is 6.10 Å². The molecule has 2 heterocycles. The fourth-order valence-corrected chi connectivity index (χ4v) is 3.70. The molecule has 1 fully saturated rings. The maximum atomic E-state index is 9.78. The van der Waals surface area contributed by atoms with Gasteiger partial charge < -0.3 is 10.0 Å². The molecule has 1 saturated heterocycles. The topological polar surface area (TPSA) is 49.2 Å². The molecule has 21 heavy (non-hydrogen) atoms. The molecule has 0 amide bonds. The second-order valence-electron chi connectivity index (χ2n) is 5.73. The maximum Gasteiger partial charge on any atom is 0.208 e. The largest absolute Gasteiger partial charge is 0.393 e. The standard InChI is InChI=1S/C16H21N3OS/c1-12(20)14-8-5-9-19(11-14)16-18-17-15(21-16)10-13-6-3-2-4-7-13/h2-4,6-7,12,14,20H,5,8-11H2,1H3/t12-,14+/m1/s1. The first-order valence-corrected chi connectivity index (χ1v) is 8.33. The fourth-order valence-electron chi connectivity index (χ4n) is 2.79. The normalized spacial score (nSPS) is 20.5. The average Bonchev–Trinajstić information content (AvgIpc) is 2.97. The number of aromatic nitrogens is 2. The van der Waals surface area contributed by atoms with Crippen molar-refractivity contribution < 1.29 is 5.11 Å². The lowest BCUT2D eigenvalue weighted by Gasteiger charge is -2.33. The second-order valence-corrected chi connectivity index (χ2v) is 6.77. The summed E-state index contributed by atoms with van der Waals surface area (Å²) >= 11 is 1.67. The van der Waals surface area contributed by atoms with Crippen molar-refractivity contribution in [1.82, 2.24) is 10.2 Å². The predicted octanol–water partition coefficient (Wildman–Crippen LogP) is 2.73. The van der Waals surface area contributed by atoms with Gasteiger partial charge in [-0.25, -0.2) is 0 Å². The van der Waals surface area contributed by atoms with Crippen molar-refractivity contribution in [1.29, 1.82) is 0 Å². The van der Waals surface area contributed by atoms with E-state index in [1.165, 1.54) is 5.56 Å². The molecule has 1 aromatic heterocycles. The van der Waals surface area contributed by atoms with Crippen LogP contribution in [0.4, 0.5) is 5.13 Å². The zero-order valence-electron chi connectivity index (χ0n) is 12.3. The minimum Gasteiger partial charge on any atom is -0.393 e. The van der Waals surface area contributed by atoms with Crippen molar-refractivity contribution in [3.05, 3.63) is 40.9 Å². The highest BCUT2D eigenvalue weighted by Crippen LogP contribution is 2.28. The van der Waals surface area contributed by atoms with Crippen LogP contribution in [0.15, 0.2) is 30.3 Å². The van der Waals surface area contributed by atoms with Gasteiger partial charge in [-0.1, -0.05) is 41.7 Å². The van der Waals surface area contributed by atoms with Crippen LogP contribution in [-0.2, 0) is 6.42 Å². The smallest absolute Gasteiger partial charge is 0.208 e. The molecular weight excluding hydrogens is 282 g/mol. The number of anilines is 1. The Hall–Kier alpha value is -1.46. The lowest BCUT2D eigenvalue weighted by atomic mass is 9.94. The summed E-state index contributed by atoms with van der Waals surface area (Å²) < 4.78 is 0. The van der Waals surface area contributed by atoms with Crippen molar-refractivity contribution in [3.63, 3.8) is 0 Å². The van der Waals surface area contributed by atoms with Crippen LogP contribution < -0.4 is 4.90 Å². The van der Waals surface area contributed by atoms with E-state index in [1.807, 2.05) is 13.0 Å². The molecule has 0 radical (unpaired) electrons. The highest BCUT2D eigenvalue weighted by molar-refractivity contribution is 7.15. The van der Waals surface area contributed by atoms with E-state index < -0.39 is 0 Å². The van der Waals surface area contributed by atoms with Crippen LogP contribution in [0, 0.1) is 5.92 Å². The molecule has 0 saturated carbocycles. The van der Waals surface area contributed by atoms with Crippen LogP contribution in [0.5, 0.6) is 0 Å². The van der Waals surface area contributed by atoms with E-state index in [1.54, 1.807) is 11.3 Å². The highest BCUT2D eigenvalue weighted by atomic mass is 32.1. The summed E-state index contributed by atoms with van der Waals surface area (Å²) in [7, 11) is 0. The Bertz CT molecular complexity index is 570. The molecule has 1 aliphatic heterocycles. The van der Waals surface area contributed by atoms with E-state index in [0.717, 1.165) is 42.5 Å². The van der Waals surface area contributed by atoms with Crippen molar-refractivity contribution in [2.24, 2.45) is 5.92 Å². The quantitative estimate of drug-likeness (QED) is 0.943. The van der Waals surface area contributed by atoms with Gasteiger partial charge in [0.05, 0.1) is 6.10 Å². The number of hydrogen-bond acceptors (Lipinski definition) is 5. The van der Waals surface area contributed by atoms with Crippen molar-refractivity contribution >= 4 is 16.5 Å². The second kappa shape index (κ2) is 6.54. The number of rotatable bonds is 4. The monoisotopic (exact) mass is 303 g/mol. The Balaban J connectivity index is 1.67. The highest BCUT2D eigenvalue weighted by Gasteiger charge is 2.25. The van der Waals surface area contributed by atoms with Gasteiger partial charge in [-0.2, -0.15) is 0 Å². The van der Waals surface area contributed by atoms with E-state index in [2.05, 4.69) is 39.4 Å². The Kier molecular flexibility index (Phi) is 4.51.